The van der Waals surface area contributed by atoms with E-state index in [0.717, 1.165) is 0 Å². The molecule has 2 aromatic heterocycles. The molecule has 0 unspecified atom stereocenters. The van der Waals surface area contributed by atoms with Crippen molar-refractivity contribution in [3.8, 4) is 11.8 Å². The van der Waals surface area contributed by atoms with Crippen LogP contribution in [0.15, 0.2) is 36.7 Å². The summed E-state index contributed by atoms with van der Waals surface area (Å²) in [7, 11) is 1.53. The van der Waals surface area contributed by atoms with Crippen molar-refractivity contribution in [1.29, 1.82) is 5.41 Å². The summed E-state index contributed by atoms with van der Waals surface area (Å²) in [5, 5.41) is 11.0. The Bertz CT molecular complexity index is 584. The lowest BCUT2D eigenvalue weighted by atomic mass is 10.2. The van der Waals surface area contributed by atoms with Gasteiger partial charge < -0.3 is 14.8 Å². The van der Waals surface area contributed by atoms with E-state index in [1.54, 1.807) is 36.7 Å². The lowest BCUT2D eigenvalue weighted by Gasteiger charge is -2.10. The molecule has 104 valence electrons. The van der Waals surface area contributed by atoms with E-state index in [-0.39, 0.29) is 5.84 Å². The number of ether oxygens (including phenoxy) is 2. The van der Waals surface area contributed by atoms with Gasteiger partial charge in [0.05, 0.1) is 31.2 Å². The van der Waals surface area contributed by atoms with Crippen molar-refractivity contribution in [2.45, 2.75) is 6.92 Å². The van der Waals surface area contributed by atoms with Crippen molar-refractivity contribution in [1.82, 2.24) is 9.97 Å². The van der Waals surface area contributed by atoms with E-state index in [2.05, 4.69) is 15.3 Å². The summed E-state index contributed by atoms with van der Waals surface area (Å²) in [5.74, 6) is 1.16. The van der Waals surface area contributed by atoms with Gasteiger partial charge in [-0.15, -0.1) is 0 Å². The summed E-state index contributed by atoms with van der Waals surface area (Å²) < 4.78 is 10.4. The van der Waals surface area contributed by atoms with Crippen molar-refractivity contribution in [2.75, 3.05) is 19.0 Å². The molecule has 0 fully saturated rings. The Labute approximate surface area is 117 Å². The van der Waals surface area contributed by atoms with E-state index in [1.165, 1.54) is 7.11 Å². The average Bonchev–Trinajstić information content (AvgIpc) is 2.49. The standard InChI is InChI=1S/C14H16N4O2/c1-3-20-12-7-6-10(9-17-12)18-13(15)11-5-4-8-16-14(11)19-2/h4-9H,3H2,1-2H3,(H2,15,18). The Kier molecular flexibility index (Phi) is 4.49. The number of nitrogens with zero attached hydrogens (tertiary/aromatic N) is 2. The van der Waals surface area contributed by atoms with Crippen LogP contribution in [0.25, 0.3) is 0 Å². The predicted octanol–water partition coefficient (Wildman–Crippen LogP) is 2.32. The second-order valence-corrected chi connectivity index (χ2v) is 3.88. The summed E-state index contributed by atoms with van der Waals surface area (Å²) in [5.41, 5.74) is 1.29. The number of aromatic nitrogens is 2. The number of pyridine rings is 2. The molecule has 6 heteroatoms. The molecule has 6 nitrogen and oxygen atoms in total. The first-order chi connectivity index (χ1) is 9.74. The van der Waals surface area contributed by atoms with E-state index in [9.17, 15) is 0 Å². The van der Waals surface area contributed by atoms with Crippen LogP contribution in [0.2, 0.25) is 0 Å². The zero-order valence-electron chi connectivity index (χ0n) is 11.4. The molecule has 0 aliphatic heterocycles. The second-order valence-electron chi connectivity index (χ2n) is 3.88. The molecule has 0 spiro atoms. The molecule has 2 N–H and O–H groups in total. The molecule has 0 amide bonds. The Morgan fingerprint density at radius 3 is 2.80 bits per heavy atom. The first-order valence-corrected chi connectivity index (χ1v) is 6.18. The lowest BCUT2D eigenvalue weighted by molar-refractivity contribution is 0.327. The SMILES string of the molecule is CCOc1ccc(NC(=N)c2cccnc2OC)cn1. The third-order valence-corrected chi connectivity index (χ3v) is 2.53. The maximum atomic E-state index is 8.06. The average molecular weight is 272 g/mol. The zero-order chi connectivity index (χ0) is 14.4. The largest absolute Gasteiger partial charge is 0.480 e. The molecular weight excluding hydrogens is 256 g/mol. The molecule has 2 heterocycles. The van der Waals surface area contributed by atoms with E-state index >= 15 is 0 Å². The van der Waals surface area contributed by atoms with Crippen molar-refractivity contribution in [2.24, 2.45) is 0 Å². The van der Waals surface area contributed by atoms with Gasteiger partial charge in [0.25, 0.3) is 0 Å². The van der Waals surface area contributed by atoms with E-state index in [0.29, 0.717) is 29.6 Å². The van der Waals surface area contributed by atoms with Gasteiger partial charge in [-0.05, 0) is 25.1 Å². The topological polar surface area (TPSA) is 80.1 Å². The van der Waals surface area contributed by atoms with Crippen molar-refractivity contribution >= 4 is 11.5 Å². The summed E-state index contributed by atoms with van der Waals surface area (Å²) >= 11 is 0. The van der Waals surface area contributed by atoms with Gasteiger partial charge in [0.15, 0.2) is 0 Å². The molecule has 20 heavy (non-hydrogen) atoms. The normalized spacial score (nSPS) is 9.90. The van der Waals surface area contributed by atoms with E-state index in [1.807, 2.05) is 6.92 Å². The van der Waals surface area contributed by atoms with Gasteiger partial charge in [-0.2, -0.15) is 0 Å². The monoisotopic (exact) mass is 272 g/mol. The van der Waals surface area contributed by atoms with Crippen LogP contribution in [-0.2, 0) is 0 Å². The molecule has 0 aromatic carbocycles. The molecule has 0 saturated heterocycles. The number of methoxy groups -OCH3 is 1. The van der Waals surface area contributed by atoms with Crippen LogP contribution in [0.5, 0.6) is 11.8 Å². The number of rotatable bonds is 5. The highest BCUT2D eigenvalue weighted by Crippen LogP contribution is 2.17. The van der Waals surface area contributed by atoms with Gasteiger partial charge >= 0.3 is 0 Å². The van der Waals surface area contributed by atoms with Crippen LogP contribution < -0.4 is 14.8 Å². The number of nitrogens with one attached hydrogen (secondary N) is 2. The first-order valence-electron chi connectivity index (χ1n) is 6.18. The minimum Gasteiger partial charge on any atom is -0.480 e. The van der Waals surface area contributed by atoms with Gasteiger partial charge in [-0.1, -0.05) is 0 Å². The van der Waals surface area contributed by atoms with E-state index in [4.69, 9.17) is 14.9 Å². The van der Waals surface area contributed by atoms with E-state index < -0.39 is 0 Å². The second kappa shape index (κ2) is 6.51. The summed E-state index contributed by atoms with van der Waals surface area (Å²) in [6.45, 7) is 2.47. The van der Waals surface area contributed by atoms with Crippen molar-refractivity contribution in [3.63, 3.8) is 0 Å². The smallest absolute Gasteiger partial charge is 0.224 e. The highest BCUT2D eigenvalue weighted by atomic mass is 16.5. The number of anilines is 1. The first kappa shape index (κ1) is 13.8. The molecule has 0 bridgehead atoms. The van der Waals surface area contributed by atoms with Gasteiger partial charge in [-0.25, -0.2) is 9.97 Å². The van der Waals surface area contributed by atoms with Crippen LogP contribution >= 0.6 is 0 Å². The zero-order valence-corrected chi connectivity index (χ0v) is 11.4. The van der Waals surface area contributed by atoms with Crippen molar-refractivity contribution < 1.29 is 9.47 Å². The Morgan fingerprint density at radius 2 is 2.15 bits per heavy atom. The molecule has 0 saturated carbocycles. The minimum absolute atomic E-state index is 0.195. The molecule has 0 aliphatic rings. The summed E-state index contributed by atoms with van der Waals surface area (Å²) in [6.07, 6.45) is 3.23. The van der Waals surface area contributed by atoms with Gasteiger partial charge in [-0.3, -0.25) is 5.41 Å². The fraction of sp³-hybridized carbons (Fsp3) is 0.214. The summed E-state index contributed by atoms with van der Waals surface area (Å²) in [4.78, 5) is 8.19. The molecule has 0 atom stereocenters. The van der Waals surface area contributed by atoms with Gasteiger partial charge in [0.1, 0.15) is 5.84 Å². The minimum atomic E-state index is 0.195. The maximum absolute atomic E-state index is 8.06. The maximum Gasteiger partial charge on any atom is 0.224 e. The third-order valence-electron chi connectivity index (χ3n) is 2.53. The molecule has 2 aromatic rings. The quantitative estimate of drug-likeness (QED) is 0.645. The van der Waals surface area contributed by atoms with Crippen LogP contribution in [0.4, 0.5) is 5.69 Å². The van der Waals surface area contributed by atoms with Gasteiger partial charge in [0, 0.05) is 12.3 Å². The van der Waals surface area contributed by atoms with Crippen LogP contribution in [0, 0.1) is 5.41 Å². The molecule has 0 radical (unpaired) electrons. The molecule has 2 rings (SSSR count). The van der Waals surface area contributed by atoms with Crippen molar-refractivity contribution in [3.05, 3.63) is 42.2 Å². The number of hydrogen-bond acceptors (Lipinski definition) is 5. The van der Waals surface area contributed by atoms with Crippen LogP contribution in [0.3, 0.4) is 0 Å². The fourth-order valence-corrected chi connectivity index (χ4v) is 1.64. The number of hydrogen-bond donors (Lipinski definition) is 2. The van der Waals surface area contributed by atoms with Crippen LogP contribution in [0.1, 0.15) is 12.5 Å². The molecular formula is C14H16N4O2. The Hall–Kier alpha value is -2.63. The Morgan fingerprint density at radius 1 is 1.30 bits per heavy atom. The van der Waals surface area contributed by atoms with Gasteiger partial charge in [0.2, 0.25) is 11.8 Å². The van der Waals surface area contributed by atoms with Crippen LogP contribution in [-0.4, -0.2) is 29.5 Å². The predicted molar refractivity (Wildman–Crippen MR) is 76.6 cm³/mol. The highest BCUT2D eigenvalue weighted by molar-refractivity contribution is 6.07. The Balaban J connectivity index is 2.11. The molecule has 0 aliphatic carbocycles. The lowest BCUT2D eigenvalue weighted by Crippen LogP contribution is -2.14. The number of amidine groups is 1. The summed E-state index contributed by atoms with van der Waals surface area (Å²) in [6, 6.07) is 7.07. The third kappa shape index (κ3) is 3.23. The highest BCUT2D eigenvalue weighted by Gasteiger charge is 2.09. The fourth-order valence-electron chi connectivity index (χ4n) is 1.64.